The van der Waals surface area contributed by atoms with Gasteiger partial charge in [-0.05, 0) is 25.7 Å². The molecule has 1 aliphatic heterocycles. The monoisotopic (exact) mass is 199 g/mol. The lowest BCUT2D eigenvalue weighted by Crippen LogP contribution is -2.23. The predicted octanol–water partition coefficient (Wildman–Crippen LogP) is 0.856. The van der Waals surface area contributed by atoms with E-state index in [2.05, 4.69) is 5.32 Å². The van der Waals surface area contributed by atoms with Gasteiger partial charge in [-0.2, -0.15) is 0 Å². The van der Waals surface area contributed by atoms with Gasteiger partial charge in [0.1, 0.15) is 0 Å². The molecule has 0 bridgehead atoms. The zero-order valence-electron chi connectivity index (χ0n) is 8.54. The van der Waals surface area contributed by atoms with Crippen molar-refractivity contribution >= 4 is 11.9 Å². The first-order valence-electron chi connectivity index (χ1n) is 5.14. The molecule has 1 unspecified atom stereocenters. The van der Waals surface area contributed by atoms with Gasteiger partial charge in [-0.3, -0.25) is 9.59 Å². The fourth-order valence-electron chi connectivity index (χ4n) is 1.68. The second kappa shape index (κ2) is 5.62. The molecule has 0 aromatic carbocycles. The zero-order chi connectivity index (χ0) is 10.4. The summed E-state index contributed by atoms with van der Waals surface area (Å²) in [7, 11) is 0. The van der Waals surface area contributed by atoms with Gasteiger partial charge in [-0.25, -0.2) is 0 Å². The number of esters is 1. The molecule has 1 N–H and O–H groups in total. The van der Waals surface area contributed by atoms with Gasteiger partial charge in [0.05, 0.1) is 6.61 Å². The summed E-state index contributed by atoms with van der Waals surface area (Å²) in [6.45, 7) is 2.94. The molecule has 80 valence electrons. The Hall–Kier alpha value is -1.06. The Morgan fingerprint density at radius 1 is 1.64 bits per heavy atom. The van der Waals surface area contributed by atoms with Crippen molar-refractivity contribution in [2.75, 3.05) is 13.2 Å². The Morgan fingerprint density at radius 3 is 3.14 bits per heavy atom. The highest BCUT2D eigenvalue weighted by atomic mass is 16.5. The minimum atomic E-state index is -0.188. The van der Waals surface area contributed by atoms with Crippen LogP contribution in [0.2, 0.25) is 0 Å². The van der Waals surface area contributed by atoms with Gasteiger partial charge in [-0.15, -0.1) is 0 Å². The van der Waals surface area contributed by atoms with Crippen molar-refractivity contribution in [3.8, 4) is 0 Å². The zero-order valence-corrected chi connectivity index (χ0v) is 8.54. The standard InChI is InChI=1S/C10H17NO3/c1-2-14-10(13)7-8-4-3-5-11-9(12)6-8/h8H,2-7H2,1H3,(H,11,12). The van der Waals surface area contributed by atoms with Gasteiger partial charge in [-0.1, -0.05) is 0 Å². The van der Waals surface area contributed by atoms with Crippen molar-refractivity contribution in [2.24, 2.45) is 5.92 Å². The number of hydrogen-bond donors (Lipinski definition) is 1. The van der Waals surface area contributed by atoms with Crippen LogP contribution < -0.4 is 5.32 Å². The van der Waals surface area contributed by atoms with Crippen LogP contribution in [0.1, 0.15) is 32.6 Å². The second-order valence-corrected chi connectivity index (χ2v) is 3.57. The first-order chi connectivity index (χ1) is 6.72. The molecule has 0 aliphatic carbocycles. The number of carbonyl (C=O) groups excluding carboxylic acids is 2. The van der Waals surface area contributed by atoms with E-state index < -0.39 is 0 Å². The van der Waals surface area contributed by atoms with Crippen molar-refractivity contribution in [1.29, 1.82) is 0 Å². The van der Waals surface area contributed by atoms with E-state index >= 15 is 0 Å². The summed E-state index contributed by atoms with van der Waals surface area (Å²) in [5.74, 6) is 0.0283. The molecule has 0 spiro atoms. The number of nitrogens with one attached hydrogen (secondary N) is 1. The topological polar surface area (TPSA) is 55.4 Å². The summed E-state index contributed by atoms with van der Waals surface area (Å²) >= 11 is 0. The summed E-state index contributed by atoms with van der Waals surface area (Å²) in [5, 5.41) is 2.79. The van der Waals surface area contributed by atoms with E-state index in [1.807, 2.05) is 0 Å². The van der Waals surface area contributed by atoms with Crippen LogP contribution in [-0.4, -0.2) is 25.0 Å². The maximum atomic E-state index is 11.2. The van der Waals surface area contributed by atoms with Crippen molar-refractivity contribution in [3.63, 3.8) is 0 Å². The quantitative estimate of drug-likeness (QED) is 0.686. The highest BCUT2D eigenvalue weighted by molar-refractivity contribution is 5.77. The first kappa shape index (κ1) is 11.0. The molecule has 0 aromatic heterocycles. The highest BCUT2D eigenvalue weighted by Gasteiger charge is 2.20. The van der Waals surface area contributed by atoms with E-state index in [1.54, 1.807) is 6.92 Å². The van der Waals surface area contributed by atoms with Crippen LogP contribution in [0.5, 0.6) is 0 Å². The maximum Gasteiger partial charge on any atom is 0.306 e. The minimum Gasteiger partial charge on any atom is -0.466 e. The van der Waals surface area contributed by atoms with Crippen LogP contribution in [0.3, 0.4) is 0 Å². The third-order valence-electron chi connectivity index (χ3n) is 2.35. The van der Waals surface area contributed by atoms with Crippen LogP contribution in [0.4, 0.5) is 0 Å². The Kier molecular flexibility index (Phi) is 4.43. The summed E-state index contributed by atoms with van der Waals surface area (Å²) in [6, 6.07) is 0. The summed E-state index contributed by atoms with van der Waals surface area (Å²) < 4.78 is 4.85. The lowest BCUT2D eigenvalue weighted by Gasteiger charge is -2.10. The summed E-state index contributed by atoms with van der Waals surface area (Å²) in [5.41, 5.74) is 0. The van der Waals surface area contributed by atoms with E-state index in [-0.39, 0.29) is 17.8 Å². The molecule has 0 aromatic rings. The molecule has 4 heteroatoms. The molecule has 1 saturated heterocycles. The van der Waals surface area contributed by atoms with Gasteiger partial charge in [0, 0.05) is 19.4 Å². The molecule has 4 nitrogen and oxygen atoms in total. The second-order valence-electron chi connectivity index (χ2n) is 3.57. The van der Waals surface area contributed by atoms with Crippen molar-refractivity contribution < 1.29 is 14.3 Å². The largest absolute Gasteiger partial charge is 0.466 e. The van der Waals surface area contributed by atoms with Crippen LogP contribution in [0.15, 0.2) is 0 Å². The number of amides is 1. The summed E-state index contributed by atoms with van der Waals surface area (Å²) in [6.07, 6.45) is 2.72. The molecule has 1 fully saturated rings. The Morgan fingerprint density at radius 2 is 2.43 bits per heavy atom. The molecule has 1 rings (SSSR count). The van der Waals surface area contributed by atoms with E-state index in [0.29, 0.717) is 19.4 Å². The van der Waals surface area contributed by atoms with Gasteiger partial charge >= 0.3 is 5.97 Å². The molecular weight excluding hydrogens is 182 g/mol. The SMILES string of the molecule is CCOC(=O)CC1CCCNC(=O)C1. The molecule has 0 saturated carbocycles. The smallest absolute Gasteiger partial charge is 0.306 e. The minimum absolute atomic E-state index is 0.0526. The average molecular weight is 199 g/mol. The number of ether oxygens (including phenoxy) is 1. The molecule has 1 heterocycles. The van der Waals surface area contributed by atoms with Crippen molar-refractivity contribution in [1.82, 2.24) is 5.32 Å². The third-order valence-corrected chi connectivity index (χ3v) is 2.35. The maximum absolute atomic E-state index is 11.2. The fourth-order valence-corrected chi connectivity index (χ4v) is 1.68. The van der Waals surface area contributed by atoms with Gasteiger partial charge in [0.15, 0.2) is 0 Å². The van der Waals surface area contributed by atoms with Crippen LogP contribution in [0, 0.1) is 5.92 Å². The average Bonchev–Trinajstić information content (AvgIpc) is 2.30. The lowest BCUT2D eigenvalue weighted by molar-refractivity contribution is -0.144. The molecular formula is C10H17NO3. The van der Waals surface area contributed by atoms with Crippen molar-refractivity contribution in [2.45, 2.75) is 32.6 Å². The first-order valence-corrected chi connectivity index (χ1v) is 5.14. The number of rotatable bonds is 3. The van der Waals surface area contributed by atoms with Gasteiger partial charge in [0.2, 0.25) is 5.91 Å². The number of carbonyl (C=O) groups is 2. The Bertz CT molecular complexity index is 215. The molecule has 14 heavy (non-hydrogen) atoms. The van der Waals surface area contributed by atoms with Crippen LogP contribution in [-0.2, 0) is 14.3 Å². The van der Waals surface area contributed by atoms with Crippen LogP contribution in [0.25, 0.3) is 0 Å². The van der Waals surface area contributed by atoms with Crippen molar-refractivity contribution in [3.05, 3.63) is 0 Å². The van der Waals surface area contributed by atoms with Gasteiger partial charge in [0.25, 0.3) is 0 Å². The van der Waals surface area contributed by atoms with E-state index in [9.17, 15) is 9.59 Å². The molecule has 1 atom stereocenters. The normalized spacial score (nSPS) is 22.4. The lowest BCUT2D eigenvalue weighted by atomic mass is 9.97. The Balaban J connectivity index is 2.34. The molecule has 1 aliphatic rings. The van der Waals surface area contributed by atoms with Crippen LogP contribution >= 0.6 is 0 Å². The fraction of sp³-hybridized carbons (Fsp3) is 0.800. The summed E-state index contributed by atoms with van der Waals surface area (Å²) in [4.78, 5) is 22.3. The Labute approximate surface area is 84.0 Å². The highest BCUT2D eigenvalue weighted by Crippen LogP contribution is 2.18. The van der Waals surface area contributed by atoms with Gasteiger partial charge < -0.3 is 10.1 Å². The molecule has 1 amide bonds. The van der Waals surface area contributed by atoms with E-state index in [4.69, 9.17) is 4.74 Å². The molecule has 0 radical (unpaired) electrons. The number of hydrogen-bond acceptors (Lipinski definition) is 3. The predicted molar refractivity (Wildman–Crippen MR) is 51.6 cm³/mol. The third kappa shape index (κ3) is 3.77. The van der Waals surface area contributed by atoms with E-state index in [1.165, 1.54) is 0 Å². The van der Waals surface area contributed by atoms with E-state index in [0.717, 1.165) is 19.4 Å².